The highest BCUT2D eigenvalue weighted by Crippen LogP contribution is 2.23. The Labute approximate surface area is 112 Å². The Morgan fingerprint density at radius 3 is 2.79 bits per heavy atom. The Morgan fingerprint density at radius 2 is 2.11 bits per heavy atom. The van der Waals surface area contributed by atoms with E-state index >= 15 is 0 Å². The molecule has 0 amide bonds. The summed E-state index contributed by atoms with van der Waals surface area (Å²) < 4.78 is 10.6. The molecule has 1 aromatic carbocycles. The van der Waals surface area contributed by atoms with Crippen LogP contribution < -0.4 is 5.73 Å². The molecule has 5 heteroatoms. The lowest BCUT2D eigenvalue weighted by atomic mass is 10.0. The first-order valence-electron chi connectivity index (χ1n) is 6.31. The molecule has 0 saturated carbocycles. The van der Waals surface area contributed by atoms with E-state index in [0.29, 0.717) is 24.9 Å². The summed E-state index contributed by atoms with van der Waals surface area (Å²) in [5.74, 6) is 0.945. The molecule has 0 aliphatic heterocycles. The van der Waals surface area contributed by atoms with E-state index in [1.165, 1.54) is 0 Å². The minimum absolute atomic E-state index is 0.357. The van der Waals surface area contributed by atoms with Gasteiger partial charge in [-0.1, -0.05) is 23.4 Å². The number of ether oxygens (including phenoxy) is 1. The molecular weight excluding hydrogens is 242 g/mol. The third-order valence-corrected chi connectivity index (χ3v) is 2.92. The van der Waals surface area contributed by atoms with Crippen LogP contribution in [0.1, 0.15) is 25.2 Å². The third kappa shape index (κ3) is 3.00. The first kappa shape index (κ1) is 13.7. The molecule has 102 valence electrons. The topological polar surface area (TPSA) is 74.2 Å². The van der Waals surface area contributed by atoms with Crippen molar-refractivity contribution in [2.45, 2.75) is 26.3 Å². The summed E-state index contributed by atoms with van der Waals surface area (Å²) in [6.45, 7) is 6.72. The molecule has 0 saturated heterocycles. The van der Waals surface area contributed by atoms with Crippen molar-refractivity contribution in [3.05, 3.63) is 35.7 Å². The fraction of sp³-hybridized carbons (Fsp3) is 0.429. The molecule has 1 atom stereocenters. The van der Waals surface area contributed by atoms with Crippen LogP contribution in [-0.2, 0) is 10.3 Å². The molecule has 2 N–H and O–H groups in total. The van der Waals surface area contributed by atoms with E-state index < -0.39 is 5.54 Å². The predicted molar refractivity (Wildman–Crippen MR) is 72.5 cm³/mol. The molecule has 2 aromatic rings. The number of nitrogens with zero attached hydrogens (tertiary/aromatic N) is 2. The number of benzene rings is 1. The van der Waals surface area contributed by atoms with Crippen molar-refractivity contribution in [3.63, 3.8) is 0 Å². The molecule has 0 aliphatic carbocycles. The van der Waals surface area contributed by atoms with Gasteiger partial charge in [-0.05, 0) is 32.4 Å². The van der Waals surface area contributed by atoms with E-state index in [0.717, 1.165) is 11.1 Å². The summed E-state index contributed by atoms with van der Waals surface area (Å²) in [4.78, 5) is 4.38. The Morgan fingerprint density at radius 1 is 1.37 bits per heavy atom. The fourth-order valence-electron chi connectivity index (χ4n) is 1.76. The van der Waals surface area contributed by atoms with Crippen molar-refractivity contribution in [3.8, 4) is 11.5 Å². The SMILES string of the molecule is CCOCC(C)(N)c1noc(-c2ccccc2C)n1. The van der Waals surface area contributed by atoms with E-state index in [9.17, 15) is 0 Å². The van der Waals surface area contributed by atoms with Gasteiger partial charge in [-0.15, -0.1) is 0 Å². The second kappa shape index (κ2) is 5.50. The van der Waals surface area contributed by atoms with Crippen LogP contribution >= 0.6 is 0 Å². The van der Waals surface area contributed by atoms with Crippen LogP contribution in [0.5, 0.6) is 0 Å². The fourth-order valence-corrected chi connectivity index (χ4v) is 1.76. The molecule has 0 radical (unpaired) electrons. The monoisotopic (exact) mass is 261 g/mol. The average molecular weight is 261 g/mol. The Kier molecular flexibility index (Phi) is 3.97. The maximum Gasteiger partial charge on any atom is 0.258 e. The van der Waals surface area contributed by atoms with Crippen LogP contribution in [0.2, 0.25) is 0 Å². The van der Waals surface area contributed by atoms with Gasteiger partial charge >= 0.3 is 0 Å². The maximum atomic E-state index is 6.14. The van der Waals surface area contributed by atoms with Gasteiger partial charge in [0.2, 0.25) is 0 Å². The van der Waals surface area contributed by atoms with Crippen LogP contribution in [-0.4, -0.2) is 23.4 Å². The number of hydrogen-bond donors (Lipinski definition) is 1. The minimum Gasteiger partial charge on any atom is -0.379 e. The van der Waals surface area contributed by atoms with Gasteiger partial charge in [0, 0.05) is 12.2 Å². The van der Waals surface area contributed by atoms with Gasteiger partial charge in [0.25, 0.3) is 5.89 Å². The number of aryl methyl sites for hydroxylation is 1. The quantitative estimate of drug-likeness (QED) is 0.893. The summed E-state index contributed by atoms with van der Waals surface area (Å²) >= 11 is 0. The normalized spacial score (nSPS) is 14.3. The minimum atomic E-state index is -0.750. The van der Waals surface area contributed by atoms with Crippen molar-refractivity contribution in [2.24, 2.45) is 5.73 Å². The molecule has 1 unspecified atom stereocenters. The van der Waals surface area contributed by atoms with Gasteiger partial charge < -0.3 is 15.0 Å². The molecule has 0 bridgehead atoms. The molecule has 5 nitrogen and oxygen atoms in total. The third-order valence-electron chi connectivity index (χ3n) is 2.92. The zero-order chi connectivity index (χ0) is 13.9. The molecular formula is C14H19N3O2. The average Bonchev–Trinajstić information content (AvgIpc) is 2.87. The molecule has 0 spiro atoms. The van der Waals surface area contributed by atoms with Crippen molar-refractivity contribution in [1.82, 2.24) is 10.1 Å². The second-order valence-corrected chi connectivity index (χ2v) is 4.79. The van der Waals surface area contributed by atoms with Crippen molar-refractivity contribution < 1.29 is 9.26 Å². The van der Waals surface area contributed by atoms with E-state index in [1.807, 2.05) is 45.0 Å². The summed E-state index contributed by atoms with van der Waals surface area (Å²) in [6.07, 6.45) is 0. The molecule has 0 aliphatic rings. The van der Waals surface area contributed by atoms with Crippen LogP contribution in [0.3, 0.4) is 0 Å². The highest BCUT2D eigenvalue weighted by molar-refractivity contribution is 5.57. The lowest BCUT2D eigenvalue weighted by molar-refractivity contribution is 0.0962. The van der Waals surface area contributed by atoms with Crippen LogP contribution in [0.4, 0.5) is 0 Å². The molecule has 2 rings (SSSR count). The first-order valence-corrected chi connectivity index (χ1v) is 6.31. The van der Waals surface area contributed by atoms with Gasteiger partial charge in [-0.25, -0.2) is 0 Å². The summed E-state index contributed by atoms with van der Waals surface area (Å²) in [7, 11) is 0. The standard InChI is InChI=1S/C14H19N3O2/c1-4-18-9-14(3,15)13-16-12(19-17-13)11-8-6-5-7-10(11)2/h5-8H,4,9,15H2,1-3H3. The molecule has 1 heterocycles. The first-order chi connectivity index (χ1) is 9.04. The molecule has 19 heavy (non-hydrogen) atoms. The number of nitrogens with two attached hydrogens (primary N) is 1. The smallest absolute Gasteiger partial charge is 0.258 e. The van der Waals surface area contributed by atoms with Crippen LogP contribution in [0.15, 0.2) is 28.8 Å². The van der Waals surface area contributed by atoms with E-state index in [4.69, 9.17) is 15.0 Å². The summed E-state index contributed by atoms with van der Waals surface area (Å²) in [5.41, 5.74) is 7.40. The lowest BCUT2D eigenvalue weighted by Crippen LogP contribution is -2.39. The zero-order valence-electron chi connectivity index (χ0n) is 11.5. The van der Waals surface area contributed by atoms with E-state index in [2.05, 4.69) is 10.1 Å². The highest BCUT2D eigenvalue weighted by Gasteiger charge is 2.28. The molecule has 0 fully saturated rings. The number of hydrogen-bond acceptors (Lipinski definition) is 5. The van der Waals surface area contributed by atoms with Gasteiger partial charge in [0.1, 0.15) is 5.54 Å². The summed E-state index contributed by atoms with van der Waals surface area (Å²) in [6, 6.07) is 7.86. The van der Waals surface area contributed by atoms with Crippen molar-refractivity contribution >= 4 is 0 Å². The highest BCUT2D eigenvalue weighted by atomic mass is 16.5. The number of aromatic nitrogens is 2. The van der Waals surface area contributed by atoms with Gasteiger partial charge in [0.05, 0.1) is 6.61 Å². The maximum absolute atomic E-state index is 6.14. The lowest BCUT2D eigenvalue weighted by Gasteiger charge is -2.19. The Bertz CT molecular complexity index is 549. The predicted octanol–water partition coefficient (Wildman–Crippen LogP) is 2.26. The Balaban J connectivity index is 2.27. The van der Waals surface area contributed by atoms with Gasteiger partial charge in [-0.3, -0.25) is 0 Å². The van der Waals surface area contributed by atoms with Crippen molar-refractivity contribution in [2.75, 3.05) is 13.2 Å². The van der Waals surface area contributed by atoms with E-state index in [-0.39, 0.29) is 0 Å². The van der Waals surface area contributed by atoms with E-state index in [1.54, 1.807) is 0 Å². The van der Waals surface area contributed by atoms with Crippen molar-refractivity contribution in [1.29, 1.82) is 0 Å². The Hall–Kier alpha value is -1.72. The van der Waals surface area contributed by atoms with Gasteiger partial charge in [0.15, 0.2) is 5.82 Å². The molecule has 1 aromatic heterocycles. The second-order valence-electron chi connectivity index (χ2n) is 4.79. The zero-order valence-corrected chi connectivity index (χ0v) is 11.5. The largest absolute Gasteiger partial charge is 0.379 e. The van der Waals surface area contributed by atoms with Gasteiger partial charge in [-0.2, -0.15) is 4.98 Å². The van der Waals surface area contributed by atoms with Crippen LogP contribution in [0, 0.1) is 6.92 Å². The number of rotatable bonds is 5. The summed E-state index contributed by atoms with van der Waals surface area (Å²) in [5, 5.41) is 3.97. The van der Waals surface area contributed by atoms with Crippen LogP contribution in [0.25, 0.3) is 11.5 Å².